The van der Waals surface area contributed by atoms with Gasteiger partial charge in [0.2, 0.25) is 0 Å². The summed E-state index contributed by atoms with van der Waals surface area (Å²) < 4.78 is 6.76. The Hall–Kier alpha value is -1.52. The quantitative estimate of drug-likeness (QED) is 0.925. The molecule has 0 amide bonds. The highest BCUT2D eigenvalue weighted by Gasteiger charge is 2.11. The molecule has 1 heterocycles. The predicted octanol–water partition coefficient (Wildman–Crippen LogP) is 2.59. The van der Waals surface area contributed by atoms with Crippen LogP contribution < -0.4 is 4.74 Å². The Morgan fingerprint density at radius 2 is 2.28 bits per heavy atom. The molecule has 1 aromatic heterocycles. The molecule has 96 valence electrons. The van der Waals surface area contributed by atoms with Crippen molar-refractivity contribution in [1.29, 1.82) is 0 Å². The highest BCUT2D eigenvalue weighted by Crippen LogP contribution is 2.21. The monoisotopic (exact) mass is 266 g/mol. The molecule has 1 aromatic carbocycles. The second-order valence-electron chi connectivity index (χ2n) is 4.08. The first-order valence-electron chi connectivity index (χ1n) is 5.61. The van der Waals surface area contributed by atoms with E-state index in [0.29, 0.717) is 11.6 Å². The molecule has 0 bridgehead atoms. The number of rotatable bonds is 4. The Morgan fingerprint density at radius 3 is 2.89 bits per heavy atom. The second-order valence-corrected chi connectivity index (χ2v) is 4.48. The van der Waals surface area contributed by atoms with Crippen LogP contribution in [0.4, 0.5) is 0 Å². The molecular formula is C13H15ClN2O2. The predicted molar refractivity (Wildman–Crippen MR) is 69.9 cm³/mol. The number of benzene rings is 1. The smallest absolute Gasteiger partial charge is 0.119 e. The van der Waals surface area contributed by atoms with Crippen molar-refractivity contribution in [2.75, 3.05) is 7.11 Å². The molecule has 1 atom stereocenters. The average molecular weight is 267 g/mol. The minimum absolute atomic E-state index is 0.362. The van der Waals surface area contributed by atoms with Crippen molar-refractivity contribution >= 4 is 11.6 Å². The lowest BCUT2D eigenvalue weighted by Crippen LogP contribution is -2.09. The van der Waals surface area contributed by atoms with Crippen LogP contribution in [0.15, 0.2) is 30.5 Å². The minimum Gasteiger partial charge on any atom is -0.497 e. The molecule has 4 nitrogen and oxygen atoms in total. The number of aromatic nitrogens is 2. The van der Waals surface area contributed by atoms with E-state index in [-0.39, 0.29) is 0 Å². The standard InChI is InChI=1S/C13H15ClN2O2/c1-9-12(14)7-16(15-9)8-13(17)10-4-3-5-11(6-10)18-2/h3-7,13,17H,8H2,1-2H3. The van der Waals surface area contributed by atoms with E-state index in [4.69, 9.17) is 16.3 Å². The van der Waals surface area contributed by atoms with E-state index in [1.165, 1.54) is 0 Å². The highest BCUT2D eigenvalue weighted by molar-refractivity contribution is 6.31. The average Bonchev–Trinajstić information content (AvgIpc) is 2.68. The highest BCUT2D eigenvalue weighted by atomic mass is 35.5. The first-order chi connectivity index (χ1) is 8.60. The topological polar surface area (TPSA) is 47.3 Å². The van der Waals surface area contributed by atoms with Gasteiger partial charge in [0.05, 0.1) is 30.5 Å². The van der Waals surface area contributed by atoms with E-state index in [0.717, 1.165) is 17.0 Å². The lowest BCUT2D eigenvalue weighted by molar-refractivity contribution is 0.151. The molecule has 1 unspecified atom stereocenters. The van der Waals surface area contributed by atoms with E-state index < -0.39 is 6.10 Å². The summed E-state index contributed by atoms with van der Waals surface area (Å²) in [6, 6.07) is 7.34. The van der Waals surface area contributed by atoms with Gasteiger partial charge in [0.15, 0.2) is 0 Å². The lowest BCUT2D eigenvalue weighted by Gasteiger charge is -2.12. The fourth-order valence-corrected chi connectivity index (χ4v) is 1.87. The van der Waals surface area contributed by atoms with E-state index in [2.05, 4.69) is 5.10 Å². The zero-order valence-corrected chi connectivity index (χ0v) is 11.1. The van der Waals surface area contributed by atoms with E-state index in [1.807, 2.05) is 31.2 Å². The molecule has 0 spiro atoms. The molecule has 0 aliphatic heterocycles. The van der Waals surface area contributed by atoms with Gasteiger partial charge >= 0.3 is 0 Å². The van der Waals surface area contributed by atoms with Crippen LogP contribution in [0.25, 0.3) is 0 Å². The van der Waals surface area contributed by atoms with Crippen molar-refractivity contribution in [3.8, 4) is 5.75 Å². The van der Waals surface area contributed by atoms with Gasteiger partial charge in [-0.05, 0) is 24.6 Å². The molecule has 0 aliphatic rings. The van der Waals surface area contributed by atoms with Gasteiger partial charge in [0.25, 0.3) is 0 Å². The molecule has 0 fully saturated rings. The van der Waals surface area contributed by atoms with Gasteiger partial charge in [-0.3, -0.25) is 4.68 Å². The number of aryl methyl sites for hydroxylation is 1. The maximum absolute atomic E-state index is 10.1. The molecule has 0 aliphatic carbocycles. The third-order valence-electron chi connectivity index (χ3n) is 2.73. The number of ether oxygens (including phenoxy) is 1. The first-order valence-corrected chi connectivity index (χ1v) is 5.99. The Morgan fingerprint density at radius 1 is 1.50 bits per heavy atom. The van der Waals surface area contributed by atoms with Crippen molar-refractivity contribution in [2.45, 2.75) is 19.6 Å². The molecule has 0 saturated carbocycles. The van der Waals surface area contributed by atoms with Crippen LogP contribution >= 0.6 is 11.6 Å². The third-order valence-corrected chi connectivity index (χ3v) is 3.10. The Bertz CT molecular complexity index is 520. The van der Waals surface area contributed by atoms with Crippen LogP contribution in [0.3, 0.4) is 0 Å². The molecule has 2 rings (SSSR count). The fourth-order valence-electron chi connectivity index (χ4n) is 1.72. The summed E-state index contributed by atoms with van der Waals surface area (Å²) in [5.74, 6) is 0.723. The van der Waals surface area contributed by atoms with E-state index in [9.17, 15) is 5.11 Å². The molecule has 2 aromatic rings. The number of aliphatic hydroxyl groups excluding tert-OH is 1. The zero-order valence-electron chi connectivity index (χ0n) is 10.3. The van der Waals surface area contributed by atoms with Crippen LogP contribution in [0.5, 0.6) is 5.75 Å². The molecule has 18 heavy (non-hydrogen) atoms. The van der Waals surface area contributed by atoms with Gasteiger partial charge in [-0.15, -0.1) is 0 Å². The molecule has 5 heteroatoms. The van der Waals surface area contributed by atoms with Crippen molar-refractivity contribution in [3.63, 3.8) is 0 Å². The van der Waals surface area contributed by atoms with Crippen LogP contribution in [0.1, 0.15) is 17.4 Å². The summed E-state index contributed by atoms with van der Waals surface area (Å²) in [5, 5.41) is 15.0. The summed E-state index contributed by atoms with van der Waals surface area (Å²) in [5.41, 5.74) is 1.55. The summed E-state index contributed by atoms with van der Waals surface area (Å²) in [4.78, 5) is 0. The van der Waals surface area contributed by atoms with E-state index in [1.54, 1.807) is 18.0 Å². The van der Waals surface area contributed by atoms with Gasteiger partial charge < -0.3 is 9.84 Å². The SMILES string of the molecule is COc1cccc(C(O)Cn2cc(Cl)c(C)n2)c1. The second kappa shape index (κ2) is 5.42. The van der Waals surface area contributed by atoms with Gasteiger partial charge in [-0.2, -0.15) is 5.10 Å². The van der Waals surface area contributed by atoms with Gasteiger partial charge in [-0.25, -0.2) is 0 Å². The van der Waals surface area contributed by atoms with Crippen LogP contribution in [0.2, 0.25) is 5.02 Å². The Labute approximate surface area is 111 Å². The lowest BCUT2D eigenvalue weighted by atomic mass is 10.1. The van der Waals surface area contributed by atoms with Gasteiger partial charge in [0.1, 0.15) is 5.75 Å². The maximum Gasteiger partial charge on any atom is 0.119 e. The molecule has 1 N–H and O–H groups in total. The summed E-state index contributed by atoms with van der Waals surface area (Å²) in [6.07, 6.45) is 1.07. The number of halogens is 1. The number of methoxy groups -OCH3 is 1. The minimum atomic E-state index is -0.643. The largest absolute Gasteiger partial charge is 0.497 e. The number of hydrogen-bond donors (Lipinski definition) is 1. The van der Waals surface area contributed by atoms with Gasteiger partial charge in [-0.1, -0.05) is 23.7 Å². The van der Waals surface area contributed by atoms with Crippen molar-refractivity contribution in [1.82, 2.24) is 9.78 Å². The van der Waals surface area contributed by atoms with E-state index >= 15 is 0 Å². The number of aliphatic hydroxyl groups is 1. The van der Waals surface area contributed by atoms with Crippen LogP contribution in [0, 0.1) is 6.92 Å². The van der Waals surface area contributed by atoms with Crippen molar-refractivity contribution in [2.24, 2.45) is 0 Å². The fraction of sp³-hybridized carbons (Fsp3) is 0.308. The van der Waals surface area contributed by atoms with Crippen LogP contribution in [-0.2, 0) is 6.54 Å². The van der Waals surface area contributed by atoms with Gasteiger partial charge in [0, 0.05) is 6.20 Å². The molecular weight excluding hydrogens is 252 g/mol. The number of nitrogens with zero attached hydrogens (tertiary/aromatic N) is 2. The first kappa shape index (κ1) is 12.9. The normalized spacial score (nSPS) is 12.4. The zero-order chi connectivity index (χ0) is 13.1. The maximum atomic E-state index is 10.1. The Balaban J connectivity index is 2.13. The molecule has 0 saturated heterocycles. The summed E-state index contributed by atoms with van der Waals surface area (Å²) >= 11 is 5.92. The number of hydrogen-bond acceptors (Lipinski definition) is 3. The third kappa shape index (κ3) is 2.83. The van der Waals surface area contributed by atoms with Crippen molar-refractivity contribution < 1.29 is 9.84 Å². The van der Waals surface area contributed by atoms with Crippen molar-refractivity contribution in [3.05, 3.63) is 46.7 Å². The summed E-state index contributed by atoms with van der Waals surface area (Å²) in [7, 11) is 1.60. The summed E-state index contributed by atoms with van der Waals surface area (Å²) in [6.45, 7) is 2.19. The van der Waals surface area contributed by atoms with Crippen LogP contribution in [-0.4, -0.2) is 22.0 Å². The molecule has 0 radical (unpaired) electrons. The Kier molecular flexibility index (Phi) is 3.89.